The van der Waals surface area contributed by atoms with E-state index in [1.807, 2.05) is 36.2 Å². The second kappa shape index (κ2) is 6.86. The van der Waals surface area contributed by atoms with Crippen LogP contribution in [0, 0.1) is 6.92 Å². The van der Waals surface area contributed by atoms with E-state index in [1.165, 1.54) is 11.1 Å². The van der Waals surface area contributed by atoms with Crippen LogP contribution in [0.5, 0.6) is 0 Å². The summed E-state index contributed by atoms with van der Waals surface area (Å²) < 4.78 is 1.03. The highest BCUT2D eigenvalue weighted by atomic mass is 79.9. The monoisotopic (exact) mass is 348 g/mol. The Hall–Kier alpha value is -1.39. The number of nitrogens with zero attached hydrogens (tertiary/aromatic N) is 1. The van der Waals surface area contributed by atoms with Crippen LogP contribution in [0.2, 0.25) is 0 Å². The first-order valence-electron chi connectivity index (χ1n) is 6.38. The van der Waals surface area contributed by atoms with E-state index in [2.05, 4.69) is 52.4 Å². The number of hydrogen-bond acceptors (Lipinski definition) is 1. The van der Waals surface area contributed by atoms with Gasteiger partial charge in [-0.3, -0.25) is 0 Å². The number of aryl methyl sites for hydroxylation is 1. The number of halogens is 1. The molecule has 0 heterocycles. The fourth-order valence-corrected chi connectivity index (χ4v) is 2.48. The zero-order valence-corrected chi connectivity index (χ0v) is 14.0. The fourth-order valence-electron chi connectivity index (χ4n) is 1.90. The molecule has 0 unspecified atom stereocenters. The van der Waals surface area contributed by atoms with Gasteiger partial charge in [-0.2, -0.15) is 0 Å². The lowest BCUT2D eigenvalue weighted by molar-refractivity contribution is 0.507. The largest absolute Gasteiger partial charge is 0.348 e. The molecule has 2 nitrogen and oxygen atoms in total. The quantitative estimate of drug-likeness (QED) is 0.816. The second-order valence-corrected chi connectivity index (χ2v) is 6.03. The molecule has 0 amide bonds. The van der Waals surface area contributed by atoms with Crippen LogP contribution in [0.3, 0.4) is 0 Å². The Kier molecular flexibility index (Phi) is 5.15. The minimum absolute atomic E-state index is 0.714. The van der Waals surface area contributed by atoms with Crippen molar-refractivity contribution >= 4 is 38.9 Å². The molecule has 0 aliphatic carbocycles. The molecule has 0 aliphatic rings. The SMILES string of the molecule is Cc1ccccc1CN(C)C(=S)Nc1cccc(Br)c1. The van der Waals surface area contributed by atoms with Crippen LogP contribution in [0.15, 0.2) is 53.0 Å². The highest BCUT2D eigenvalue weighted by Crippen LogP contribution is 2.16. The summed E-state index contributed by atoms with van der Waals surface area (Å²) in [5.41, 5.74) is 3.55. The van der Waals surface area contributed by atoms with Crippen LogP contribution in [-0.4, -0.2) is 17.1 Å². The van der Waals surface area contributed by atoms with Gasteiger partial charge < -0.3 is 10.2 Å². The van der Waals surface area contributed by atoms with E-state index in [0.717, 1.165) is 16.7 Å². The molecule has 0 bridgehead atoms. The number of rotatable bonds is 3. The normalized spacial score (nSPS) is 10.2. The summed E-state index contributed by atoms with van der Waals surface area (Å²) in [6.07, 6.45) is 0. The lowest BCUT2D eigenvalue weighted by Crippen LogP contribution is -2.30. The molecular formula is C16H17BrN2S. The molecule has 0 saturated heterocycles. The van der Waals surface area contributed by atoms with Gasteiger partial charge in [-0.1, -0.05) is 46.3 Å². The van der Waals surface area contributed by atoms with E-state index >= 15 is 0 Å². The Morgan fingerprint density at radius 1 is 1.20 bits per heavy atom. The highest BCUT2D eigenvalue weighted by Gasteiger charge is 2.07. The van der Waals surface area contributed by atoms with Crippen LogP contribution < -0.4 is 5.32 Å². The number of thiocarbonyl (C=S) groups is 1. The Morgan fingerprint density at radius 3 is 2.65 bits per heavy atom. The van der Waals surface area contributed by atoms with E-state index in [1.54, 1.807) is 0 Å². The lowest BCUT2D eigenvalue weighted by Gasteiger charge is -2.22. The smallest absolute Gasteiger partial charge is 0.173 e. The molecule has 2 rings (SSSR count). The van der Waals surface area contributed by atoms with Gasteiger partial charge in [0.2, 0.25) is 0 Å². The van der Waals surface area contributed by atoms with Crippen molar-refractivity contribution in [2.45, 2.75) is 13.5 Å². The van der Waals surface area contributed by atoms with Gasteiger partial charge in [-0.05, 0) is 48.5 Å². The van der Waals surface area contributed by atoms with E-state index in [9.17, 15) is 0 Å². The minimum atomic E-state index is 0.714. The average Bonchev–Trinajstić information content (AvgIpc) is 2.41. The first-order chi connectivity index (χ1) is 9.56. The number of nitrogens with one attached hydrogen (secondary N) is 1. The summed E-state index contributed by atoms with van der Waals surface area (Å²) in [5.74, 6) is 0. The zero-order chi connectivity index (χ0) is 14.5. The third-order valence-corrected chi connectivity index (χ3v) is 4.00. The summed E-state index contributed by atoms with van der Waals surface area (Å²) >= 11 is 8.90. The third-order valence-electron chi connectivity index (χ3n) is 3.09. The van der Waals surface area contributed by atoms with Crippen molar-refractivity contribution in [3.63, 3.8) is 0 Å². The van der Waals surface area contributed by atoms with Crippen LogP contribution in [0.1, 0.15) is 11.1 Å². The molecule has 0 radical (unpaired) electrons. The number of anilines is 1. The van der Waals surface area contributed by atoms with E-state index in [-0.39, 0.29) is 0 Å². The molecule has 0 saturated carbocycles. The fraction of sp³-hybridized carbons (Fsp3) is 0.188. The van der Waals surface area contributed by atoms with E-state index < -0.39 is 0 Å². The third kappa shape index (κ3) is 4.05. The highest BCUT2D eigenvalue weighted by molar-refractivity contribution is 9.10. The van der Waals surface area contributed by atoms with Crippen LogP contribution in [0.4, 0.5) is 5.69 Å². The Labute approximate surface area is 133 Å². The molecule has 1 N–H and O–H groups in total. The van der Waals surface area contributed by atoms with E-state index in [4.69, 9.17) is 12.2 Å². The van der Waals surface area contributed by atoms with Gasteiger partial charge in [0.15, 0.2) is 5.11 Å². The van der Waals surface area contributed by atoms with Gasteiger partial charge in [0.05, 0.1) is 0 Å². The van der Waals surface area contributed by atoms with Gasteiger partial charge in [-0.15, -0.1) is 0 Å². The van der Waals surface area contributed by atoms with Crippen molar-refractivity contribution < 1.29 is 0 Å². The molecule has 0 aromatic heterocycles. The summed E-state index contributed by atoms with van der Waals surface area (Å²) in [6, 6.07) is 16.3. The van der Waals surface area contributed by atoms with Crippen molar-refractivity contribution in [3.8, 4) is 0 Å². The van der Waals surface area contributed by atoms with E-state index in [0.29, 0.717) is 5.11 Å². The standard InChI is InChI=1S/C16H17BrN2S/c1-12-6-3-4-7-13(12)11-19(2)16(20)18-15-9-5-8-14(17)10-15/h3-10H,11H2,1-2H3,(H,18,20). The summed E-state index contributed by atoms with van der Waals surface area (Å²) in [7, 11) is 2.00. The molecule has 104 valence electrons. The molecule has 0 atom stereocenters. The summed E-state index contributed by atoms with van der Waals surface area (Å²) in [5, 5.41) is 3.96. The lowest BCUT2D eigenvalue weighted by atomic mass is 10.1. The molecule has 2 aromatic rings. The van der Waals surface area contributed by atoms with Crippen molar-refractivity contribution in [1.29, 1.82) is 0 Å². The minimum Gasteiger partial charge on any atom is -0.348 e. The molecule has 4 heteroatoms. The summed E-state index contributed by atoms with van der Waals surface area (Å²) in [4.78, 5) is 2.04. The molecule has 0 spiro atoms. The van der Waals surface area contributed by atoms with Gasteiger partial charge in [-0.25, -0.2) is 0 Å². The predicted molar refractivity (Wildman–Crippen MR) is 93.0 cm³/mol. The maximum atomic E-state index is 5.44. The maximum absolute atomic E-state index is 5.44. The van der Waals surface area contributed by atoms with Crippen molar-refractivity contribution in [2.75, 3.05) is 12.4 Å². The van der Waals surface area contributed by atoms with Crippen LogP contribution >= 0.6 is 28.1 Å². The molecule has 0 aliphatic heterocycles. The van der Waals surface area contributed by atoms with Crippen molar-refractivity contribution in [1.82, 2.24) is 4.90 Å². The molecule has 20 heavy (non-hydrogen) atoms. The zero-order valence-electron chi connectivity index (χ0n) is 11.6. The predicted octanol–water partition coefficient (Wildman–Crippen LogP) is 4.59. The Bertz CT molecular complexity index is 613. The molecular weight excluding hydrogens is 332 g/mol. The van der Waals surface area contributed by atoms with Crippen LogP contribution in [0.25, 0.3) is 0 Å². The van der Waals surface area contributed by atoms with Crippen LogP contribution in [-0.2, 0) is 6.54 Å². The second-order valence-electron chi connectivity index (χ2n) is 4.72. The Morgan fingerprint density at radius 2 is 1.95 bits per heavy atom. The Balaban J connectivity index is 2.01. The maximum Gasteiger partial charge on any atom is 0.173 e. The van der Waals surface area contributed by atoms with Crippen molar-refractivity contribution in [2.24, 2.45) is 0 Å². The molecule has 2 aromatic carbocycles. The van der Waals surface area contributed by atoms with Gasteiger partial charge in [0.1, 0.15) is 0 Å². The van der Waals surface area contributed by atoms with Crippen molar-refractivity contribution in [3.05, 3.63) is 64.1 Å². The first kappa shape index (κ1) is 15.0. The van der Waals surface area contributed by atoms with Gasteiger partial charge >= 0.3 is 0 Å². The number of hydrogen-bond donors (Lipinski definition) is 1. The van der Waals surface area contributed by atoms with Gasteiger partial charge in [0.25, 0.3) is 0 Å². The first-order valence-corrected chi connectivity index (χ1v) is 7.58. The molecule has 0 fully saturated rings. The topological polar surface area (TPSA) is 15.3 Å². The summed E-state index contributed by atoms with van der Waals surface area (Å²) in [6.45, 7) is 2.92. The average molecular weight is 349 g/mol. The van der Waals surface area contributed by atoms with Gasteiger partial charge in [0, 0.05) is 23.8 Å². The number of benzene rings is 2.